The maximum atomic E-state index is 12.3. The number of amides is 2. The van der Waals surface area contributed by atoms with Gasteiger partial charge in [0.2, 0.25) is 11.8 Å². The van der Waals surface area contributed by atoms with Gasteiger partial charge < -0.3 is 5.32 Å². The molecule has 0 radical (unpaired) electrons. The molecule has 0 bridgehead atoms. The Morgan fingerprint density at radius 1 is 1.26 bits per heavy atom. The number of hydrogen-bond acceptors (Lipinski definition) is 3. The van der Waals surface area contributed by atoms with Crippen molar-refractivity contribution in [3.8, 4) is 0 Å². The van der Waals surface area contributed by atoms with Gasteiger partial charge in [-0.25, -0.2) is 5.43 Å². The van der Waals surface area contributed by atoms with Gasteiger partial charge in [0.1, 0.15) is 0 Å². The monoisotopic (exact) mass is 313 g/mol. The van der Waals surface area contributed by atoms with Gasteiger partial charge in [0.05, 0.1) is 5.71 Å². The third kappa shape index (κ3) is 2.87. The Balaban J connectivity index is 1.68. The van der Waals surface area contributed by atoms with Crippen LogP contribution < -0.4 is 10.7 Å². The molecule has 1 aromatic rings. The van der Waals surface area contributed by atoms with E-state index in [2.05, 4.69) is 36.6 Å². The van der Waals surface area contributed by atoms with Crippen molar-refractivity contribution in [3.63, 3.8) is 0 Å². The summed E-state index contributed by atoms with van der Waals surface area (Å²) in [5.41, 5.74) is 5.25. The second-order valence-corrected chi connectivity index (χ2v) is 7.29. The van der Waals surface area contributed by atoms with Gasteiger partial charge in [-0.05, 0) is 29.0 Å². The molecule has 5 nitrogen and oxygen atoms in total. The molecule has 1 fully saturated rings. The number of nitrogens with one attached hydrogen (secondary N) is 2. The Hall–Kier alpha value is -2.17. The number of anilines is 1. The van der Waals surface area contributed by atoms with Crippen LogP contribution in [0.15, 0.2) is 29.4 Å². The summed E-state index contributed by atoms with van der Waals surface area (Å²) in [6.45, 7) is 8.36. The molecule has 1 saturated carbocycles. The summed E-state index contributed by atoms with van der Waals surface area (Å²) in [4.78, 5) is 23.6. The first-order valence-electron chi connectivity index (χ1n) is 8.08. The number of nitrogens with zero attached hydrogens (tertiary/aromatic N) is 1. The van der Waals surface area contributed by atoms with Crippen LogP contribution >= 0.6 is 0 Å². The Labute approximate surface area is 136 Å². The zero-order valence-electron chi connectivity index (χ0n) is 14.0. The van der Waals surface area contributed by atoms with E-state index >= 15 is 0 Å². The Morgan fingerprint density at radius 2 is 1.87 bits per heavy atom. The fourth-order valence-electron chi connectivity index (χ4n) is 3.41. The molecule has 5 heteroatoms. The number of rotatable bonds is 3. The minimum absolute atomic E-state index is 0.0497. The highest BCUT2D eigenvalue weighted by atomic mass is 16.2. The molecule has 0 spiro atoms. The molecule has 3 rings (SSSR count). The van der Waals surface area contributed by atoms with Crippen molar-refractivity contribution >= 4 is 23.2 Å². The van der Waals surface area contributed by atoms with Gasteiger partial charge in [0, 0.05) is 23.9 Å². The molecule has 2 aliphatic rings. The minimum atomic E-state index is -0.0497. The molecule has 1 heterocycles. The van der Waals surface area contributed by atoms with E-state index in [-0.39, 0.29) is 29.1 Å². The first-order valence-corrected chi connectivity index (χ1v) is 8.08. The molecule has 0 saturated heterocycles. The number of hydrazone groups is 1. The third-order valence-electron chi connectivity index (χ3n) is 5.36. The molecule has 2 amide bonds. The van der Waals surface area contributed by atoms with Gasteiger partial charge in [-0.2, -0.15) is 5.10 Å². The maximum absolute atomic E-state index is 12.3. The van der Waals surface area contributed by atoms with E-state index in [1.807, 2.05) is 31.2 Å². The fourth-order valence-corrected chi connectivity index (χ4v) is 3.41. The lowest BCUT2D eigenvalue weighted by atomic mass is 9.94. The largest absolute Gasteiger partial charge is 0.326 e. The highest BCUT2D eigenvalue weighted by molar-refractivity contribution is 6.06. The highest BCUT2D eigenvalue weighted by Gasteiger charge is 2.58. The highest BCUT2D eigenvalue weighted by Crippen LogP contribution is 2.58. The molecule has 122 valence electrons. The minimum Gasteiger partial charge on any atom is -0.326 e. The first kappa shape index (κ1) is 15.7. The molecule has 2 N–H and O–H groups in total. The lowest BCUT2D eigenvalue weighted by molar-refractivity contribution is -0.122. The number of benzene rings is 1. The van der Waals surface area contributed by atoms with Crippen LogP contribution in [0.1, 0.15) is 39.7 Å². The van der Waals surface area contributed by atoms with Crippen molar-refractivity contribution in [1.29, 1.82) is 0 Å². The van der Waals surface area contributed by atoms with E-state index in [1.54, 1.807) is 0 Å². The normalized spacial score (nSPS) is 28.6. The van der Waals surface area contributed by atoms with E-state index < -0.39 is 0 Å². The zero-order chi connectivity index (χ0) is 16.8. The van der Waals surface area contributed by atoms with E-state index in [4.69, 9.17) is 0 Å². The molecular weight excluding hydrogens is 290 g/mol. The average molecular weight is 313 g/mol. The van der Waals surface area contributed by atoms with Crippen LogP contribution in [0.5, 0.6) is 0 Å². The Morgan fingerprint density at radius 3 is 2.39 bits per heavy atom. The topological polar surface area (TPSA) is 70.6 Å². The molecule has 1 aromatic carbocycles. The predicted octanol–water partition coefficient (Wildman–Crippen LogP) is 2.78. The summed E-state index contributed by atoms with van der Waals surface area (Å²) in [5, 5.41) is 7.14. The van der Waals surface area contributed by atoms with Gasteiger partial charge in [-0.1, -0.05) is 39.8 Å². The Kier molecular flexibility index (Phi) is 3.74. The van der Waals surface area contributed by atoms with Crippen molar-refractivity contribution < 1.29 is 9.59 Å². The van der Waals surface area contributed by atoms with Gasteiger partial charge in [0.15, 0.2) is 0 Å². The molecular formula is C18H23N3O2. The second-order valence-electron chi connectivity index (χ2n) is 7.29. The van der Waals surface area contributed by atoms with Gasteiger partial charge in [-0.15, -0.1) is 0 Å². The number of carbonyl (C=O) groups excluding carboxylic acids is 2. The fraction of sp³-hybridized carbons (Fsp3) is 0.500. The summed E-state index contributed by atoms with van der Waals surface area (Å²) in [6, 6.07) is 7.64. The van der Waals surface area contributed by atoms with Gasteiger partial charge >= 0.3 is 0 Å². The van der Waals surface area contributed by atoms with Gasteiger partial charge in [0.25, 0.3) is 0 Å². The van der Waals surface area contributed by atoms with Crippen LogP contribution in [-0.4, -0.2) is 17.5 Å². The van der Waals surface area contributed by atoms with E-state index in [0.717, 1.165) is 17.0 Å². The zero-order valence-corrected chi connectivity index (χ0v) is 14.0. The van der Waals surface area contributed by atoms with Crippen molar-refractivity contribution in [2.75, 3.05) is 5.32 Å². The summed E-state index contributed by atoms with van der Waals surface area (Å²) in [5.74, 6) is 0.637. The standard InChI is InChI=1S/C18H23N3O2/c1-10-9-14(22)20-21-16(10)12-5-7-13(8-6-12)19-17(23)15-11(2)18(15,3)4/h5-8,10-11,15H,9H2,1-4H3,(H,19,23)(H,20,22)/t10?,11-,15+/m1/s1. The van der Waals surface area contributed by atoms with Crippen LogP contribution in [0.25, 0.3) is 0 Å². The van der Waals surface area contributed by atoms with Crippen LogP contribution in [0.3, 0.4) is 0 Å². The van der Waals surface area contributed by atoms with Crippen LogP contribution in [-0.2, 0) is 9.59 Å². The summed E-state index contributed by atoms with van der Waals surface area (Å²) in [6.07, 6.45) is 0.450. The quantitative estimate of drug-likeness (QED) is 0.901. The first-order chi connectivity index (χ1) is 10.8. The molecule has 23 heavy (non-hydrogen) atoms. The summed E-state index contributed by atoms with van der Waals surface area (Å²) >= 11 is 0. The predicted molar refractivity (Wildman–Crippen MR) is 90.0 cm³/mol. The number of hydrogen-bond donors (Lipinski definition) is 2. The molecule has 1 unspecified atom stereocenters. The molecule has 0 aromatic heterocycles. The van der Waals surface area contributed by atoms with Crippen molar-refractivity contribution in [1.82, 2.24) is 5.43 Å². The van der Waals surface area contributed by atoms with Crippen LogP contribution in [0.2, 0.25) is 0 Å². The Bertz CT molecular complexity index is 676. The van der Waals surface area contributed by atoms with Crippen LogP contribution in [0, 0.1) is 23.2 Å². The molecule has 3 atom stereocenters. The smallest absolute Gasteiger partial charge is 0.240 e. The second kappa shape index (κ2) is 5.48. The van der Waals surface area contributed by atoms with Crippen LogP contribution in [0.4, 0.5) is 5.69 Å². The van der Waals surface area contributed by atoms with Crippen molar-refractivity contribution in [2.45, 2.75) is 34.1 Å². The third-order valence-corrected chi connectivity index (χ3v) is 5.36. The van der Waals surface area contributed by atoms with E-state index in [9.17, 15) is 9.59 Å². The van der Waals surface area contributed by atoms with Gasteiger partial charge in [-0.3, -0.25) is 9.59 Å². The number of carbonyl (C=O) groups is 2. The average Bonchev–Trinajstić information content (AvgIpc) is 2.98. The lowest BCUT2D eigenvalue weighted by Crippen LogP contribution is -2.31. The molecule has 1 aliphatic carbocycles. The molecule has 1 aliphatic heterocycles. The van der Waals surface area contributed by atoms with Crippen molar-refractivity contribution in [2.24, 2.45) is 28.3 Å². The van der Waals surface area contributed by atoms with E-state index in [1.165, 1.54) is 0 Å². The summed E-state index contributed by atoms with van der Waals surface area (Å²) in [7, 11) is 0. The maximum Gasteiger partial charge on any atom is 0.240 e. The van der Waals surface area contributed by atoms with Crippen molar-refractivity contribution in [3.05, 3.63) is 29.8 Å². The SMILES string of the molecule is CC1CC(=O)NN=C1c1ccc(NC(=O)[C@@H]2[C@@H](C)C2(C)C)cc1. The van der Waals surface area contributed by atoms with E-state index in [0.29, 0.717) is 12.3 Å². The lowest BCUT2D eigenvalue weighted by Gasteiger charge is -2.19. The summed E-state index contributed by atoms with van der Waals surface area (Å²) < 4.78 is 0.